The number of nitrogens with zero attached hydrogens (tertiary/aromatic N) is 2. The summed E-state index contributed by atoms with van der Waals surface area (Å²) in [4.78, 5) is 76.1. The zero-order chi connectivity index (χ0) is 52.4. The Morgan fingerprint density at radius 2 is 1.42 bits per heavy atom. The molecule has 394 valence electrons. The number of rotatable bonds is 37. The Balaban J connectivity index is 1.38. The number of aliphatic carboxylic acids is 2. The molecule has 5 N–H and O–H groups in total. The van der Waals surface area contributed by atoms with E-state index in [4.69, 9.17) is 29.8 Å². The number of carboxylic acids is 2. The number of ether oxygens (including phenoxy) is 4. The number of carbonyl (C=O) groups excluding carboxylic acids is 4. The molecule has 0 aliphatic rings. The number of amides is 2. The first-order chi connectivity index (χ1) is 33.7. The van der Waals surface area contributed by atoms with Crippen LogP contribution >= 0.6 is 11.8 Å². The molecule has 0 saturated carbocycles. The van der Waals surface area contributed by atoms with Crippen molar-refractivity contribution in [1.29, 1.82) is 0 Å². The fraction of sp³-hybridized carbons (Fsp3) is 0.577. The second-order valence-corrected chi connectivity index (χ2v) is 20.2. The fourth-order valence-electron chi connectivity index (χ4n) is 7.81. The summed E-state index contributed by atoms with van der Waals surface area (Å²) in [7, 11) is 0. The number of hydrogen-bond acceptors (Lipinski definition) is 12. The van der Waals surface area contributed by atoms with E-state index in [1.165, 1.54) is 0 Å². The van der Waals surface area contributed by atoms with Crippen LogP contribution in [0.3, 0.4) is 0 Å². The van der Waals surface area contributed by atoms with Gasteiger partial charge in [0.2, 0.25) is 11.8 Å². The second kappa shape index (κ2) is 31.4. The van der Waals surface area contributed by atoms with Gasteiger partial charge in [-0.15, -0.1) is 0 Å². The lowest BCUT2D eigenvalue weighted by Gasteiger charge is -2.41. The Kier molecular flexibility index (Phi) is 26.7. The third kappa shape index (κ3) is 23.4. The highest BCUT2D eigenvalue weighted by atomic mass is 32.2. The van der Waals surface area contributed by atoms with Crippen molar-refractivity contribution < 1.29 is 66.7 Å². The van der Waals surface area contributed by atoms with Gasteiger partial charge in [-0.25, -0.2) is 8.78 Å². The lowest BCUT2D eigenvalue weighted by atomic mass is 9.83. The van der Waals surface area contributed by atoms with Crippen LogP contribution in [0.4, 0.5) is 8.78 Å². The Hall–Kier alpha value is -5.05. The molecule has 2 aromatic carbocycles. The fourth-order valence-corrected chi connectivity index (χ4v) is 8.81. The molecular weight excluding hydrogens is 943 g/mol. The number of benzene rings is 2. The summed E-state index contributed by atoms with van der Waals surface area (Å²) in [5.41, 5.74) is 6.92. The van der Waals surface area contributed by atoms with Gasteiger partial charge in [0.1, 0.15) is 17.4 Å². The van der Waals surface area contributed by atoms with Crippen molar-refractivity contribution in [3.63, 3.8) is 0 Å². The smallest absolute Gasteiger partial charge is 0.307 e. The zero-order valence-electron chi connectivity index (χ0n) is 41.9. The van der Waals surface area contributed by atoms with Gasteiger partial charge < -0.3 is 49.7 Å². The van der Waals surface area contributed by atoms with Crippen molar-refractivity contribution in [3.8, 4) is 11.1 Å². The summed E-state index contributed by atoms with van der Waals surface area (Å²) in [5.74, 6) is -5.40. The summed E-state index contributed by atoms with van der Waals surface area (Å²) in [6.45, 7) is 12.4. The van der Waals surface area contributed by atoms with E-state index >= 15 is 4.39 Å². The van der Waals surface area contributed by atoms with E-state index in [-0.39, 0.29) is 98.9 Å². The Morgan fingerprint density at radius 3 is 2.03 bits per heavy atom. The summed E-state index contributed by atoms with van der Waals surface area (Å²) >= 11 is 1.14. The van der Waals surface area contributed by atoms with E-state index in [1.807, 2.05) is 55.7 Å². The van der Waals surface area contributed by atoms with Crippen LogP contribution in [0.2, 0.25) is 0 Å². The molecule has 0 aliphatic heterocycles. The number of Topliss-reactive ketones (excluding diaryl/α,β-unsaturated/α-hetero) is 2. The number of hydrogen-bond donors (Lipinski definition) is 4. The zero-order valence-corrected chi connectivity index (χ0v) is 42.7. The predicted molar refractivity (Wildman–Crippen MR) is 267 cm³/mol. The maximum atomic E-state index is 15.2. The Bertz CT molecular complexity index is 2150. The first-order valence-electron chi connectivity index (χ1n) is 24.0. The third-order valence-corrected chi connectivity index (χ3v) is 12.3. The van der Waals surface area contributed by atoms with Crippen molar-refractivity contribution in [2.45, 2.75) is 92.2 Å². The molecule has 1 heterocycles. The number of nitrogens with one attached hydrogen (secondary N) is 1. The molecule has 0 aliphatic carbocycles. The molecule has 0 radical (unpaired) electrons. The lowest BCUT2D eigenvalue weighted by molar-refractivity contribution is -0.143. The van der Waals surface area contributed by atoms with E-state index in [2.05, 4.69) is 5.32 Å². The third-order valence-electron chi connectivity index (χ3n) is 11.2. The molecule has 16 nitrogen and oxygen atoms in total. The molecule has 3 rings (SSSR count). The van der Waals surface area contributed by atoms with Crippen LogP contribution in [0.5, 0.6) is 0 Å². The molecule has 0 spiro atoms. The maximum Gasteiger partial charge on any atom is 0.307 e. The van der Waals surface area contributed by atoms with Crippen molar-refractivity contribution in [3.05, 3.63) is 83.7 Å². The van der Waals surface area contributed by atoms with Gasteiger partial charge in [-0.05, 0) is 60.0 Å². The van der Waals surface area contributed by atoms with Gasteiger partial charge in [0.15, 0.2) is 5.78 Å². The highest BCUT2D eigenvalue weighted by molar-refractivity contribution is 7.99. The average Bonchev–Trinajstić information content (AvgIpc) is 3.69. The molecule has 0 unspecified atom stereocenters. The van der Waals surface area contributed by atoms with Gasteiger partial charge in [0.05, 0.1) is 76.9 Å². The normalized spacial score (nSPS) is 12.6. The van der Waals surface area contributed by atoms with Crippen LogP contribution in [0.1, 0.15) is 96.9 Å². The predicted octanol–water partition coefficient (Wildman–Crippen LogP) is 6.95. The lowest BCUT2D eigenvalue weighted by Crippen LogP contribution is -2.44. The van der Waals surface area contributed by atoms with Crippen LogP contribution in [-0.2, 0) is 54.3 Å². The summed E-state index contributed by atoms with van der Waals surface area (Å²) in [5, 5.41) is 21.5. The van der Waals surface area contributed by atoms with Gasteiger partial charge >= 0.3 is 11.9 Å². The average molecular weight is 1020 g/mol. The second-order valence-electron chi connectivity index (χ2n) is 19.2. The SMILES string of the molecule is CC(C)(CC(=O)O)CC(=O)NCC(=O)CCCOCCOCCOCCOCCC(=O)C[C@@H](CSCC(=O)N(CCCN)[C@@H](c1cc(-c2cc(F)ccc2F)cn1Cc1ccccc1)C(C)(C)C)C(=O)O. The first kappa shape index (κ1) is 60.3. The van der Waals surface area contributed by atoms with E-state index in [1.54, 1.807) is 31.0 Å². The number of carbonyl (C=O) groups is 6. The van der Waals surface area contributed by atoms with Gasteiger partial charge in [0.25, 0.3) is 0 Å². The van der Waals surface area contributed by atoms with Crippen molar-refractivity contribution in [2.75, 3.05) is 84.0 Å². The van der Waals surface area contributed by atoms with Gasteiger partial charge in [0, 0.05) is 74.2 Å². The van der Waals surface area contributed by atoms with Crippen molar-refractivity contribution >= 4 is 47.1 Å². The maximum absolute atomic E-state index is 15.2. The van der Waals surface area contributed by atoms with Crippen LogP contribution in [0.15, 0.2) is 60.8 Å². The van der Waals surface area contributed by atoms with Crippen LogP contribution < -0.4 is 11.1 Å². The van der Waals surface area contributed by atoms with Crippen molar-refractivity contribution in [1.82, 2.24) is 14.8 Å². The number of ketones is 2. The van der Waals surface area contributed by atoms with E-state index in [9.17, 15) is 38.3 Å². The van der Waals surface area contributed by atoms with Gasteiger partial charge in [-0.2, -0.15) is 11.8 Å². The minimum absolute atomic E-state index is 0.00826. The monoisotopic (exact) mass is 1020 g/mol. The molecule has 1 aromatic heterocycles. The Morgan fingerprint density at radius 1 is 0.789 bits per heavy atom. The molecule has 3 aromatic rings. The molecule has 0 fully saturated rings. The quantitative estimate of drug-likeness (QED) is 0.0429. The molecular formula is C52H74F2N4O12S. The summed E-state index contributed by atoms with van der Waals surface area (Å²) in [6.07, 6.45) is 2.62. The van der Waals surface area contributed by atoms with Crippen LogP contribution in [0, 0.1) is 28.4 Å². The van der Waals surface area contributed by atoms with E-state index in [0.29, 0.717) is 76.8 Å². The number of aromatic nitrogens is 1. The number of carboxylic acid groups (broad SMARTS) is 2. The van der Waals surface area contributed by atoms with E-state index in [0.717, 1.165) is 35.5 Å². The number of thioether (sulfide) groups is 1. The molecule has 0 saturated heterocycles. The van der Waals surface area contributed by atoms with Crippen molar-refractivity contribution in [2.24, 2.45) is 22.5 Å². The highest BCUT2D eigenvalue weighted by Gasteiger charge is 2.37. The molecule has 2 atom stereocenters. The summed E-state index contributed by atoms with van der Waals surface area (Å²) < 4.78 is 53.5. The first-order valence-corrected chi connectivity index (χ1v) is 25.2. The van der Waals surface area contributed by atoms with Crippen LogP contribution in [0.25, 0.3) is 11.1 Å². The summed E-state index contributed by atoms with van der Waals surface area (Å²) in [6, 6.07) is 14.2. The minimum Gasteiger partial charge on any atom is -0.481 e. The molecule has 0 bridgehead atoms. The number of halogens is 2. The molecule has 19 heteroatoms. The Labute approximate surface area is 420 Å². The van der Waals surface area contributed by atoms with Gasteiger partial charge in [-0.1, -0.05) is 65.0 Å². The van der Waals surface area contributed by atoms with E-state index < -0.39 is 46.4 Å². The topological polar surface area (TPSA) is 226 Å². The minimum atomic E-state index is -1.14. The van der Waals surface area contributed by atoms with Crippen LogP contribution in [-0.4, -0.2) is 139 Å². The standard InChI is InChI=1S/C52H74F2N4O12S/c1-51(2,3)49(45-28-38(43-29-40(53)14-15-44(43)54)34-57(45)33-37-11-7-6-8-12-37)58(18-10-17-55)47(62)36-71-35-39(50(65)66)27-41(59)16-20-68-22-24-70-26-25-69-23-21-67-19-9-13-42(60)32-56-46(61)30-52(4,5)31-48(63)64/h6-8,11-12,14-15,28-29,34,39,49H,9-10,13,16-27,30-33,35-36,55H2,1-5H3,(H,56,61)(H,63,64)(H,65,66)/t39-,49-/m0/s1. The molecule has 2 amide bonds. The van der Waals surface area contributed by atoms with Gasteiger partial charge in [-0.3, -0.25) is 28.8 Å². The molecule has 71 heavy (non-hydrogen) atoms. The highest BCUT2D eigenvalue weighted by Crippen LogP contribution is 2.41. The number of nitrogens with two attached hydrogens (primary N) is 1. The largest absolute Gasteiger partial charge is 0.481 e.